The van der Waals surface area contributed by atoms with Gasteiger partial charge in [-0.15, -0.1) is 0 Å². The standard InChI is InChI=1S/C24H28N4O4/c1-4-31-21-16-19(10-11-20(21)30-3)24(29)28-14-12-27(13-15-28)17(2)23-25-22(26-32-23)18-8-6-5-7-9-18/h5-11,16-17H,4,12-15H2,1-3H3. The number of ether oxygens (including phenoxy) is 2. The number of hydrogen-bond acceptors (Lipinski definition) is 7. The number of nitrogens with zero attached hydrogens (tertiary/aromatic N) is 4. The van der Waals surface area contributed by atoms with Crippen LogP contribution in [-0.2, 0) is 0 Å². The number of methoxy groups -OCH3 is 1. The molecule has 1 aliphatic rings. The van der Waals surface area contributed by atoms with Crippen LogP contribution in [0.15, 0.2) is 53.1 Å². The summed E-state index contributed by atoms with van der Waals surface area (Å²) in [7, 11) is 1.59. The van der Waals surface area contributed by atoms with Crippen molar-refractivity contribution in [1.82, 2.24) is 19.9 Å². The smallest absolute Gasteiger partial charge is 0.254 e. The van der Waals surface area contributed by atoms with E-state index in [0.29, 0.717) is 48.5 Å². The van der Waals surface area contributed by atoms with E-state index in [4.69, 9.17) is 14.0 Å². The molecule has 4 rings (SSSR count). The van der Waals surface area contributed by atoms with E-state index in [2.05, 4.69) is 22.0 Å². The molecule has 8 nitrogen and oxygen atoms in total. The first-order valence-electron chi connectivity index (χ1n) is 10.8. The lowest BCUT2D eigenvalue weighted by atomic mass is 10.1. The SMILES string of the molecule is CCOc1cc(C(=O)N2CCN(C(C)c3nc(-c4ccccc4)no3)CC2)ccc1OC. The third-order valence-electron chi connectivity index (χ3n) is 5.69. The van der Waals surface area contributed by atoms with Gasteiger partial charge in [0.1, 0.15) is 0 Å². The molecule has 1 saturated heterocycles. The number of carbonyl (C=O) groups is 1. The number of amides is 1. The van der Waals surface area contributed by atoms with Crippen molar-refractivity contribution in [2.75, 3.05) is 39.9 Å². The molecule has 1 atom stereocenters. The van der Waals surface area contributed by atoms with Crippen LogP contribution in [0.3, 0.4) is 0 Å². The number of hydrogen-bond donors (Lipinski definition) is 0. The van der Waals surface area contributed by atoms with Crippen LogP contribution in [0.4, 0.5) is 0 Å². The van der Waals surface area contributed by atoms with Crippen molar-refractivity contribution in [1.29, 1.82) is 0 Å². The Balaban J connectivity index is 1.38. The summed E-state index contributed by atoms with van der Waals surface area (Å²) in [5.74, 6) is 2.37. The van der Waals surface area contributed by atoms with Crippen molar-refractivity contribution in [2.45, 2.75) is 19.9 Å². The van der Waals surface area contributed by atoms with Crippen LogP contribution in [0, 0.1) is 0 Å². The van der Waals surface area contributed by atoms with Crippen LogP contribution in [0.5, 0.6) is 11.5 Å². The van der Waals surface area contributed by atoms with Gasteiger partial charge in [0.25, 0.3) is 5.91 Å². The maximum absolute atomic E-state index is 13.0. The van der Waals surface area contributed by atoms with Gasteiger partial charge in [0.15, 0.2) is 11.5 Å². The fourth-order valence-electron chi connectivity index (χ4n) is 3.84. The third-order valence-corrected chi connectivity index (χ3v) is 5.69. The van der Waals surface area contributed by atoms with E-state index in [-0.39, 0.29) is 11.9 Å². The highest BCUT2D eigenvalue weighted by atomic mass is 16.5. The second kappa shape index (κ2) is 9.82. The summed E-state index contributed by atoms with van der Waals surface area (Å²) < 4.78 is 16.5. The number of carbonyl (C=O) groups excluding carboxylic acids is 1. The lowest BCUT2D eigenvalue weighted by Gasteiger charge is -2.36. The fraction of sp³-hybridized carbons (Fsp3) is 0.375. The van der Waals surface area contributed by atoms with Gasteiger partial charge in [-0.25, -0.2) is 0 Å². The molecule has 32 heavy (non-hydrogen) atoms. The van der Waals surface area contributed by atoms with Gasteiger partial charge < -0.3 is 18.9 Å². The first-order chi connectivity index (χ1) is 15.6. The van der Waals surface area contributed by atoms with E-state index in [1.165, 1.54) is 0 Å². The molecule has 0 N–H and O–H groups in total. The molecule has 168 valence electrons. The molecule has 8 heteroatoms. The Kier molecular flexibility index (Phi) is 6.70. The molecular formula is C24H28N4O4. The second-order valence-electron chi connectivity index (χ2n) is 7.63. The van der Waals surface area contributed by atoms with E-state index in [0.717, 1.165) is 18.7 Å². The zero-order chi connectivity index (χ0) is 22.5. The zero-order valence-electron chi connectivity index (χ0n) is 18.7. The van der Waals surface area contributed by atoms with Crippen LogP contribution < -0.4 is 9.47 Å². The van der Waals surface area contributed by atoms with Crippen LogP contribution >= 0.6 is 0 Å². The maximum Gasteiger partial charge on any atom is 0.254 e. The van der Waals surface area contributed by atoms with Crippen molar-refractivity contribution < 1.29 is 18.8 Å². The van der Waals surface area contributed by atoms with Gasteiger partial charge in [0.05, 0.1) is 19.8 Å². The topological polar surface area (TPSA) is 80.9 Å². The minimum atomic E-state index is -0.0252. The summed E-state index contributed by atoms with van der Waals surface area (Å²) in [6.07, 6.45) is 0. The first kappa shape index (κ1) is 21.8. The van der Waals surface area contributed by atoms with Gasteiger partial charge in [0.2, 0.25) is 11.7 Å². The molecule has 3 aromatic rings. The van der Waals surface area contributed by atoms with Crippen molar-refractivity contribution in [2.24, 2.45) is 0 Å². The molecule has 1 unspecified atom stereocenters. The summed E-state index contributed by atoms with van der Waals surface area (Å²) in [5, 5.41) is 4.12. The predicted octanol–water partition coefficient (Wildman–Crippen LogP) is 3.66. The van der Waals surface area contributed by atoms with Gasteiger partial charge in [-0.2, -0.15) is 4.98 Å². The zero-order valence-corrected chi connectivity index (χ0v) is 18.7. The molecule has 1 fully saturated rings. The highest BCUT2D eigenvalue weighted by molar-refractivity contribution is 5.95. The normalized spacial score (nSPS) is 15.4. The minimum absolute atomic E-state index is 0.00920. The van der Waals surface area contributed by atoms with Crippen molar-refractivity contribution in [3.63, 3.8) is 0 Å². The molecule has 0 aliphatic carbocycles. The Labute approximate surface area is 187 Å². The largest absolute Gasteiger partial charge is 0.493 e. The number of aromatic nitrogens is 2. The number of piperazine rings is 1. The average molecular weight is 437 g/mol. The summed E-state index contributed by atoms with van der Waals surface area (Å²) in [6.45, 7) is 7.16. The Hall–Kier alpha value is -3.39. The highest BCUT2D eigenvalue weighted by Gasteiger charge is 2.28. The molecule has 0 bridgehead atoms. The van der Waals surface area contributed by atoms with Gasteiger partial charge in [-0.1, -0.05) is 35.5 Å². The summed E-state index contributed by atoms with van der Waals surface area (Å²) in [5.41, 5.74) is 1.52. The molecule has 2 heterocycles. The molecule has 2 aromatic carbocycles. The Morgan fingerprint density at radius 3 is 2.53 bits per heavy atom. The third kappa shape index (κ3) is 4.60. The van der Waals surface area contributed by atoms with Gasteiger partial charge in [-0.3, -0.25) is 9.69 Å². The number of rotatable bonds is 7. The lowest BCUT2D eigenvalue weighted by molar-refractivity contribution is 0.0551. The summed E-state index contributed by atoms with van der Waals surface area (Å²) in [4.78, 5) is 21.7. The molecule has 1 aromatic heterocycles. The predicted molar refractivity (Wildman–Crippen MR) is 120 cm³/mol. The Morgan fingerprint density at radius 2 is 1.84 bits per heavy atom. The van der Waals surface area contributed by atoms with E-state index >= 15 is 0 Å². The van der Waals surface area contributed by atoms with E-state index in [1.54, 1.807) is 25.3 Å². The van der Waals surface area contributed by atoms with Crippen LogP contribution in [-0.4, -0.2) is 65.7 Å². The van der Waals surface area contributed by atoms with Gasteiger partial charge >= 0.3 is 0 Å². The van der Waals surface area contributed by atoms with Crippen molar-refractivity contribution in [3.8, 4) is 22.9 Å². The fourth-order valence-corrected chi connectivity index (χ4v) is 3.84. The molecule has 0 radical (unpaired) electrons. The van der Waals surface area contributed by atoms with E-state index < -0.39 is 0 Å². The van der Waals surface area contributed by atoms with Crippen molar-refractivity contribution in [3.05, 3.63) is 60.0 Å². The molecule has 0 saturated carbocycles. The molecule has 0 spiro atoms. The number of benzene rings is 2. The van der Waals surface area contributed by atoms with Gasteiger partial charge in [0, 0.05) is 37.3 Å². The van der Waals surface area contributed by atoms with Crippen LogP contribution in [0.25, 0.3) is 11.4 Å². The average Bonchev–Trinajstić information content (AvgIpc) is 3.34. The molecule has 1 amide bonds. The second-order valence-corrected chi connectivity index (χ2v) is 7.63. The van der Waals surface area contributed by atoms with E-state index in [9.17, 15) is 4.79 Å². The quantitative estimate of drug-likeness (QED) is 0.559. The van der Waals surface area contributed by atoms with Crippen molar-refractivity contribution >= 4 is 5.91 Å². The van der Waals surface area contributed by atoms with E-state index in [1.807, 2.05) is 42.2 Å². The summed E-state index contributed by atoms with van der Waals surface area (Å²) >= 11 is 0. The molecular weight excluding hydrogens is 408 g/mol. The molecule has 1 aliphatic heterocycles. The monoisotopic (exact) mass is 436 g/mol. The highest BCUT2D eigenvalue weighted by Crippen LogP contribution is 2.29. The summed E-state index contributed by atoms with van der Waals surface area (Å²) in [6, 6.07) is 15.1. The maximum atomic E-state index is 13.0. The van der Waals surface area contributed by atoms with Gasteiger partial charge in [-0.05, 0) is 32.0 Å². The lowest BCUT2D eigenvalue weighted by Crippen LogP contribution is -2.49. The Morgan fingerprint density at radius 1 is 1.09 bits per heavy atom. The van der Waals surface area contributed by atoms with Crippen LogP contribution in [0.1, 0.15) is 36.1 Å². The van der Waals surface area contributed by atoms with Crippen LogP contribution in [0.2, 0.25) is 0 Å². The minimum Gasteiger partial charge on any atom is -0.493 e. The Bertz CT molecular complexity index is 1050. The first-order valence-corrected chi connectivity index (χ1v) is 10.8.